The predicted octanol–water partition coefficient (Wildman–Crippen LogP) is 5.76. The summed E-state index contributed by atoms with van der Waals surface area (Å²) in [7, 11) is -3.80. The molecule has 2 aromatic carbocycles. The van der Waals surface area contributed by atoms with Crippen LogP contribution in [0.1, 0.15) is 12.8 Å². The van der Waals surface area contributed by atoms with Gasteiger partial charge in [0.1, 0.15) is 23.5 Å². The van der Waals surface area contributed by atoms with Gasteiger partial charge in [0.05, 0.1) is 10.6 Å². The minimum Gasteiger partial charge on any atom is -0.432 e. The zero-order valence-corrected chi connectivity index (χ0v) is 22.6. The van der Waals surface area contributed by atoms with Crippen molar-refractivity contribution in [3.63, 3.8) is 0 Å². The van der Waals surface area contributed by atoms with Crippen molar-refractivity contribution in [3.8, 4) is 22.6 Å². The number of rotatable bonds is 6. The van der Waals surface area contributed by atoms with Gasteiger partial charge in [-0.1, -0.05) is 23.2 Å². The highest BCUT2D eigenvalue weighted by Crippen LogP contribution is 2.33. The molecule has 1 aliphatic heterocycles. The number of nitrogens with zero attached hydrogens (tertiary/aromatic N) is 5. The minimum atomic E-state index is -3.80. The van der Waals surface area contributed by atoms with Crippen molar-refractivity contribution >= 4 is 45.0 Å². The van der Waals surface area contributed by atoms with Gasteiger partial charge in [-0.25, -0.2) is 22.8 Å². The first kappa shape index (κ1) is 25.8. The molecule has 1 saturated heterocycles. The Balaban J connectivity index is 1.28. The Morgan fingerprint density at radius 1 is 1.05 bits per heavy atom. The van der Waals surface area contributed by atoms with Crippen LogP contribution in [0.2, 0.25) is 10.0 Å². The number of sulfonamides is 1. The second-order valence-corrected chi connectivity index (χ2v) is 11.9. The van der Waals surface area contributed by atoms with Crippen molar-refractivity contribution in [3.05, 3.63) is 83.1 Å². The van der Waals surface area contributed by atoms with E-state index in [4.69, 9.17) is 32.6 Å². The second kappa shape index (κ2) is 10.2. The third-order valence-corrected chi connectivity index (χ3v) is 8.75. The zero-order valence-electron chi connectivity index (χ0n) is 20.3. The van der Waals surface area contributed by atoms with E-state index in [0.29, 0.717) is 47.4 Å². The second-order valence-electron chi connectivity index (χ2n) is 9.09. The van der Waals surface area contributed by atoms with Crippen LogP contribution in [0.25, 0.3) is 28.5 Å². The quantitative estimate of drug-likeness (QED) is 0.269. The Morgan fingerprint density at radius 3 is 2.59 bits per heavy atom. The van der Waals surface area contributed by atoms with Gasteiger partial charge in [0, 0.05) is 47.1 Å². The molecule has 5 aromatic rings. The Kier molecular flexibility index (Phi) is 6.76. The first-order valence-electron chi connectivity index (χ1n) is 12.1. The normalized spacial score (nSPS) is 16.5. The van der Waals surface area contributed by atoms with E-state index in [1.165, 1.54) is 40.9 Å². The van der Waals surface area contributed by atoms with E-state index in [-0.39, 0.29) is 33.3 Å². The van der Waals surface area contributed by atoms with Crippen LogP contribution in [0.15, 0.2) is 76.5 Å². The molecule has 4 heterocycles. The number of fused-ring (bicyclic) bond motifs is 1. The zero-order chi connectivity index (χ0) is 27.1. The van der Waals surface area contributed by atoms with Gasteiger partial charge >= 0.3 is 5.84 Å². The van der Waals surface area contributed by atoms with Gasteiger partial charge in [-0.2, -0.15) is 9.29 Å². The van der Waals surface area contributed by atoms with Crippen molar-refractivity contribution in [1.29, 1.82) is 0 Å². The molecule has 0 spiro atoms. The molecule has 200 valence electrons. The average Bonchev–Trinajstić information content (AvgIpc) is 3.51. The van der Waals surface area contributed by atoms with Gasteiger partial charge < -0.3 is 9.73 Å². The Bertz CT molecular complexity index is 1750. The number of aromatic nitrogens is 4. The van der Waals surface area contributed by atoms with Crippen LogP contribution in [0.5, 0.6) is 0 Å². The van der Waals surface area contributed by atoms with Crippen LogP contribution in [-0.4, -0.2) is 51.2 Å². The SMILES string of the molecule is O=S(=O)(c1cc(Cl)cc(Cl)c1)N1CCC[C@@H](Nc2nccc(-c3c(-c4ccc(F)cc4)nc4occn34)n2)C1. The van der Waals surface area contributed by atoms with Gasteiger partial charge in [0.2, 0.25) is 16.0 Å². The van der Waals surface area contributed by atoms with E-state index in [2.05, 4.69) is 15.3 Å². The molecular formula is C26H21Cl2FN6O3S. The highest BCUT2D eigenvalue weighted by Gasteiger charge is 2.31. The maximum Gasteiger partial charge on any atom is 0.306 e. The topological polar surface area (TPSA) is 106 Å². The molecule has 1 aliphatic rings. The maximum absolute atomic E-state index is 13.6. The highest BCUT2D eigenvalue weighted by molar-refractivity contribution is 7.89. The number of hydrogen-bond acceptors (Lipinski definition) is 7. The Labute approximate surface area is 233 Å². The molecule has 3 aromatic heterocycles. The molecule has 0 unspecified atom stereocenters. The summed E-state index contributed by atoms with van der Waals surface area (Å²) in [4.78, 5) is 13.7. The third-order valence-electron chi connectivity index (χ3n) is 6.47. The summed E-state index contributed by atoms with van der Waals surface area (Å²) in [5.74, 6) is 0.358. The number of benzene rings is 2. The number of piperidine rings is 1. The van der Waals surface area contributed by atoms with E-state index >= 15 is 0 Å². The van der Waals surface area contributed by atoms with Gasteiger partial charge in [-0.15, -0.1) is 0 Å². The summed E-state index contributed by atoms with van der Waals surface area (Å²) in [6.07, 6.45) is 6.24. The molecule has 1 atom stereocenters. The first-order valence-corrected chi connectivity index (χ1v) is 14.3. The fraction of sp³-hybridized carbons (Fsp3) is 0.192. The molecule has 9 nitrogen and oxygen atoms in total. The average molecular weight is 587 g/mol. The van der Waals surface area contributed by atoms with Crippen molar-refractivity contribution in [2.45, 2.75) is 23.8 Å². The first-order chi connectivity index (χ1) is 18.8. The maximum atomic E-state index is 13.6. The number of nitrogens with one attached hydrogen (secondary N) is 1. The van der Waals surface area contributed by atoms with E-state index in [1.54, 1.807) is 35.0 Å². The highest BCUT2D eigenvalue weighted by atomic mass is 35.5. The molecule has 6 rings (SSSR count). The van der Waals surface area contributed by atoms with Gasteiger partial charge in [0.15, 0.2) is 0 Å². The number of anilines is 1. The molecule has 0 bridgehead atoms. The van der Waals surface area contributed by atoms with E-state index < -0.39 is 10.0 Å². The third kappa shape index (κ3) is 5.10. The molecule has 0 saturated carbocycles. The summed E-state index contributed by atoms with van der Waals surface area (Å²) >= 11 is 12.1. The van der Waals surface area contributed by atoms with Crippen molar-refractivity contribution < 1.29 is 17.2 Å². The van der Waals surface area contributed by atoms with Crippen LogP contribution < -0.4 is 5.32 Å². The standard InChI is InChI=1S/C26H21Cl2FN6O3S/c27-17-12-18(28)14-21(13-17)39(36,37)34-9-1-2-20(15-34)31-25-30-8-7-22(32-25)24-23(16-3-5-19(29)6-4-16)33-26-35(24)10-11-38-26/h3-8,10-14,20H,1-2,9,15H2,(H,30,31,32)/t20-/m1/s1. The lowest BCUT2D eigenvalue weighted by Crippen LogP contribution is -2.45. The summed E-state index contributed by atoms with van der Waals surface area (Å²) in [5, 5.41) is 3.79. The minimum absolute atomic E-state index is 0.0529. The van der Waals surface area contributed by atoms with Gasteiger partial charge in [-0.3, -0.25) is 4.40 Å². The van der Waals surface area contributed by atoms with E-state index in [9.17, 15) is 12.8 Å². The predicted molar refractivity (Wildman–Crippen MR) is 146 cm³/mol. The Morgan fingerprint density at radius 2 is 1.82 bits per heavy atom. The molecule has 0 amide bonds. The lowest BCUT2D eigenvalue weighted by Gasteiger charge is -2.32. The fourth-order valence-electron chi connectivity index (χ4n) is 4.69. The molecule has 39 heavy (non-hydrogen) atoms. The van der Waals surface area contributed by atoms with Crippen molar-refractivity contribution in [2.75, 3.05) is 18.4 Å². The number of oxazole rings is 1. The molecule has 1 fully saturated rings. The lowest BCUT2D eigenvalue weighted by molar-refractivity contribution is 0.326. The summed E-state index contributed by atoms with van der Waals surface area (Å²) in [5.41, 5.74) is 2.50. The largest absolute Gasteiger partial charge is 0.432 e. The van der Waals surface area contributed by atoms with Crippen LogP contribution in [-0.2, 0) is 10.0 Å². The van der Waals surface area contributed by atoms with Gasteiger partial charge in [-0.05, 0) is 61.4 Å². The molecule has 0 radical (unpaired) electrons. The molecule has 13 heteroatoms. The molecular weight excluding hydrogens is 566 g/mol. The van der Waals surface area contributed by atoms with Crippen LogP contribution in [0.3, 0.4) is 0 Å². The monoisotopic (exact) mass is 586 g/mol. The van der Waals surface area contributed by atoms with E-state index in [0.717, 1.165) is 6.42 Å². The van der Waals surface area contributed by atoms with E-state index in [1.807, 2.05) is 0 Å². The fourth-order valence-corrected chi connectivity index (χ4v) is 6.94. The smallest absolute Gasteiger partial charge is 0.306 e. The summed E-state index contributed by atoms with van der Waals surface area (Å²) < 4.78 is 48.8. The Hall–Kier alpha value is -3.51. The number of halogens is 3. The van der Waals surface area contributed by atoms with Crippen LogP contribution in [0.4, 0.5) is 10.3 Å². The molecule has 0 aliphatic carbocycles. The number of hydrogen-bond donors (Lipinski definition) is 1. The summed E-state index contributed by atoms with van der Waals surface area (Å²) in [6.45, 7) is 0.598. The van der Waals surface area contributed by atoms with Crippen LogP contribution in [0, 0.1) is 5.82 Å². The number of imidazole rings is 1. The molecule has 1 N–H and O–H groups in total. The van der Waals surface area contributed by atoms with Crippen LogP contribution >= 0.6 is 23.2 Å². The van der Waals surface area contributed by atoms with Crippen molar-refractivity contribution in [2.24, 2.45) is 0 Å². The summed E-state index contributed by atoms with van der Waals surface area (Å²) in [6, 6.07) is 11.8. The lowest BCUT2D eigenvalue weighted by atomic mass is 10.1. The van der Waals surface area contributed by atoms with Crippen molar-refractivity contribution in [1.82, 2.24) is 23.7 Å². The van der Waals surface area contributed by atoms with Gasteiger partial charge in [0.25, 0.3) is 0 Å².